The number of aliphatic carboxylic acids is 1. The lowest BCUT2D eigenvalue weighted by Gasteiger charge is -2.18. The molecule has 1 aromatic rings. The molecule has 0 aliphatic carbocycles. The summed E-state index contributed by atoms with van der Waals surface area (Å²) in [6.07, 6.45) is 0.718. The third kappa shape index (κ3) is 7.94. The maximum absolute atomic E-state index is 11.8. The molecule has 0 heterocycles. The van der Waals surface area contributed by atoms with E-state index >= 15 is 0 Å². The van der Waals surface area contributed by atoms with Crippen molar-refractivity contribution in [3.8, 4) is 0 Å². The zero-order chi connectivity index (χ0) is 17.4. The number of imide groups is 1. The topological polar surface area (TPSA) is 98.7 Å². The van der Waals surface area contributed by atoms with E-state index in [1.54, 1.807) is 6.07 Å². The third-order valence-corrected chi connectivity index (χ3v) is 3.15. The van der Waals surface area contributed by atoms with Gasteiger partial charge < -0.3 is 10.4 Å². The molecule has 0 aliphatic heterocycles. The first-order valence-corrected chi connectivity index (χ1v) is 7.44. The lowest BCUT2D eigenvalue weighted by Crippen LogP contribution is -2.43. The van der Waals surface area contributed by atoms with Crippen molar-refractivity contribution in [1.82, 2.24) is 10.2 Å². The zero-order valence-electron chi connectivity index (χ0n) is 14.1. The van der Waals surface area contributed by atoms with Crippen LogP contribution >= 0.6 is 12.4 Å². The molecule has 0 fully saturated rings. The molecular weight excluding hydrogens is 334 g/mol. The van der Waals surface area contributed by atoms with Gasteiger partial charge in [0, 0.05) is 5.69 Å². The molecule has 0 bridgehead atoms. The predicted octanol–water partition coefficient (Wildman–Crippen LogP) is 2.17. The van der Waals surface area contributed by atoms with Gasteiger partial charge in [-0.25, -0.2) is 4.79 Å². The molecule has 0 atom stereocenters. The summed E-state index contributed by atoms with van der Waals surface area (Å²) in [7, 11) is 0. The Morgan fingerprint density at radius 1 is 1.17 bits per heavy atom. The van der Waals surface area contributed by atoms with E-state index in [1.807, 2.05) is 32.9 Å². The van der Waals surface area contributed by atoms with Crippen LogP contribution < -0.4 is 10.6 Å². The molecule has 7 nitrogen and oxygen atoms in total. The van der Waals surface area contributed by atoms with Crippen molar-refractivity contribution in [1.29, 1.82) is 0 Å². The molecule has 0 unspecified atom stereocenters. The molecule has 0 radical (unpaired) electrons. The number of carbonyl (C=O) groups is 3. The Labute approximate surface area is 147 Å². The van der Waals surface area contributed by atoms with Crippen molar-refractivity contribution in [3.05, 3.63) is 29.3 Å². The van der Waals surface area contributed by atoms with Crippen LogP contribution in [0.2, 0.25) is 0 Å². The first-order chi connectivity index (χ1) is 10.8. The highest BCUT2D eigenvalue weighted by atomic mass is 35.5. The zero-order valence-corrected chi connectivity index (χ0v) is 14.9. The summed E-state index contributed by atoms with van der Waals surface area (Å²) >= 11 is 0. The SMILES string of the molecule is CCCN(CC(=O)O)CC(=O)NC(=O)Nc1ccc(C)cc1C.Cl. The highest BCUT2D eigenvalue weighted by Crippen LogP contribution is 2.15. The van der Waals surface area contributed by atoms with Crippen molar-refractivity contribution < 1.29 is 19.5 Å². The molecule has 8 heteroatoms. The third-order valence-electron chi connectivity index (χ3n) is 3.15. The molecule has 3 amide bonds. The lowest BCUT2D eigenvalue weighted by atomic mass is 10.1. The summed E-state index contributed by atoms with van der Waals surface area (Å²) in [5, 5.41) is 13.6. The average Bonchev–Trinajstić information content (AvgIpc) is 2.41. The van der Waals surface area contributed by atoms with E-state index < -0.39 is 17.9 Å². The Morgan fingerprint density at radius 3 is 2.38 bits per heavy atom. The number of nitrogens with zero attached hydrogens (tertiary/aromatic N) is 1. The van der Waals surface area contributed by atoms with E-state index in [2.05, 4.69) is 10.6 Å². The van der Waals surface area contributed by atoms with Crippen LogP contribution in [0.15, 0.2) is 18.2 Å². The van der Waals surface area contributed by atoms with Gasteiger partial charge >= 0.3 is 12.0 Å². The molecule has 134 valence electrons. The van der Waals surface area contributed by atoms with Gasteiger partial charge in [0.2, 0.25) is 5.91 Å². The monoisotopic (exact) mass is 357 g/mol. The number of aryl methyl sites for hydroxylation is 2. The van der Waals surface area contributed by atoms with Gasteiger partial charge in [-0.05, 0) is 38.4 Å². The summed E-state index contributed by atoms with van der Waals surface area (Å²) in [5.41, 5.74) is 2.59. The minimum atomic E-state index is -1.01. The second-order valence-electron chi connectivity index (χ2n) is 5.43. The summed E-state index contributed by atoms with van der Waals surface area (Å²) in [5.74, 6) is -1.55. The van der Waals surface area contributed by atoms with Crippen molar-refractivity contribution in [2.24, 2.45) is 0 Å². The van der Waals surface area contributed by atoms with Crippen LogP contribution in [0.4, 0.5) is 10.5 Å². The second-order valence-corrected chi connectivity index (χ2v) is 5.43. The number of carboxylic acids is 1. The number of rotatable bonds is 7. The van der Waals surface area contributed by atoms with E-state index in [1.165, 1.54) is 4.90 Å². The molecule has 0 aliphatic rings. The number of nitrogens with one attached hydrogen (secondary N) is 2. The Balaban J connectivity index is 0.00000529. The molecular formula is C16H24ClN3O4. The summed E-state index contributed by atoms with van der Waals surface area (Å²) in [6.45, 7) is 5.80. The molecule has 1 rings (SSSR count). The maximum Gasteiger partial charge on any atom is 0.325 e. The molecule has 0 saturated carbocycles. The van der Waals surface area contributed by atoms with Gasteiger partial charge in [0.05, 0.1) is 13.1 Å². The van der Waals surface area contributed by atoms with Crippen LogP contribution in [-0.4, -0.2) is 47.5 Å². The van der Waals surface area contributed by atoms with E-state index in [-0.39, 0.29) is 25.5 Å². The van der Waals surface area contributed by atoms with Crippen LogP contribution in [-0.2, 0) is 9.59 Å². The molecule has 0 saturated heterocycles. The minimum absolute atomic E-state index is 0. The fourth-order valence-corrected chi connectivity index (χ4v) is 2.20. The first kappa shape index (κ1) is 21.9. The number of urea groups is 1. The Morgan fingerprint density at radius 2 is 1.83 bits per heavy atom. The summed E-state index contributed by atoms with van der Waals surface area (Å²) in [6, 6.07) is 4.92. The number of amides is 3. The molecule has 3 N–H and O–H groups in total. The highest BCUT2D eigenvalue weighted by Gasteiger charge is 2.15. The number of carboxylic acid groups (broad SMARTS) is 1. The normalized spacial score (nSPS) is 10.0. The van der Waals surface area contributed by atoms with Crippen molar-refractivity contribution in [3.63, 3.8) is 0 Å². The van der Waals surface area contributed by atoms with Gasteiger partial charge in [0.15, 0.2) is 0 Å². The van der Waals surface area contributed by atoms with E-state index in [9.17, 15) is 14.4 Å². The number of hydrogen-bond donors (Lipinski definition) is 3. The quantitative estimate of drug-likeness (QED) is 0.694. The van der Waals surface area contributed by atoms with Crippen LogP contribution in [0, 0.1) is 13.8 Å². The lowest BCUT2D eigenvalue weighted by molar-refractivity contribution is -0.138. The molecule has 24 heavy (non-hydrogen) atoms. The van der Waals surface area contributed by atoms with Gasteiger partial charge in [0.1, 0.15) is 0 Å². The van der Waals surface area contributed by atoms with E-state index in [0.717, 1.165) is 17.5 Å². The Bertz CT molecular complexity index is 593. The van der Waals surface area contributed by atoms with Crippen molar-refractivity contribution in [2.45, 2.75) is 27.2 Å². The van der Waals surface area contributed by atoms with Gasteiger partial charge in [-0.3, -0.25) is 19.8 Å². The predicted molar refractivity (Wildman–Crippen MR) is 94.7 cm³/mol. The maximum atomic E-state index is 11.8. The average molecular weight is 358 g/mol. The molecule has 0 spiro atoms. The summed E-state index contributed by atoms with van der Waals surface area (Å²) in [4.78, 5) is 35.9. The number of halogens is 1. The second kappa shape index (κ2) is 10.6. The Hall–Kier alpha value is -2.12. The Kier molecular flexibility index (Phi) is 9.68. The largest absolute Gasteiger partial charge is 0.480 e. The van der Waals surface area contributed by atoms with Crippen LogP contribution in [0.25, 0.3) is 0 Å². The fraction of sp³-hybridized carbons (Fsp3) is 0.438. The van der Waals surface area contributed by atoms with Gasteiger partial charge in [0.25, 0.3) is 0 Å². The number of hydrogen-bond acceptors (Lipinski definition) is 4. The van der Waals surface area contributed by atoms with E-state index in [4.69, 9.17) is 5.11 Å². The first-order valence-electron chi connectivity index (χ1n) is 7.44. The molecule has 1 aromatic carbocycles. The highest BCUT2D eigenvalue weighted by molar-refractivity contribution is 6.02. The van der Waals surface area contributed by atoms with Crippen molar-refractivity contribution in [2.75, 3.05) is 25.0 Å². The van der Waals surface area contributed by atoms with Crippen molar-refractivity contribution >= 4 is 36.0 Å². The smallest absolute Gasteiger partial charge is 0.325 e. The van der Waals surface area contributed by atoms with Crippen LogP contribution in [0.1, 0.15) is 24.5 Å². The van der Waals surface area contributed by atoms with Gasteiger partial charge in [-0.15, -0.1) is 12.4 Å². The number of anilines is 1. The van der Waals surface area contributed by atoms with Crippen LogP contribution in [0.5, 0.6) is 0 Å². The van der Waals surface area contributed by atoms with Crippen LogP contribution in [0.3, 0.4) is 0 Å². The fourth-order valence-electron chi connectivity index (χ4n) is 2.20. The number of benzene rings is 1. The molecule has 0 aromatic heterocycles. The van der Waals surface area contributed by atoms with Gasteiger partial charge in [-0.1, -0.05) is 24.6 Å². The van der Waals surface area contributed by atoms with Gasteiger partial charge in [-0.2, -0.15) is 0 Å². The standard InChI is InChI=1S/C16H23N3O4.ClH/c1-4-7-19(10-15(21)22)9-14(20)18-16(23)17-13-6-5-11(2)8-12(13)3;/h5-6,8H,4,7,9-10H2,1-3H3,(H,21,22)(H2,17,18,20,23);1H. The number of carbonyl (C=O) groups excluding carboxylic acids is 2. The van der Waals surface area contributed by atoms with E-state index in [0.29, 0.717) is 12.2 Å². The summed E-state index contributed by atoms with van der Waals surface area (Å²) < 4.78 is 0. The minimum Gasteiger partial charge on any atom is -0.480 e.